The fraction of sp³-hybridized carbons (Fsp3) is 0.368. The van der Waals surface area contributed by atoms with Crippen LogP contribution in [0.5, 0.6) is 0 Å². The van der Waals surface area contributed by atoms with Crippen LogP contribution in [-0.2, 0) is 6.42 Å². The molecule has 1 aliphatic rings. The van der Waals surface area contributed by atoms with E-state index in [1.54, 1.807) is 29.3 Å². The van der Waals surface area contributed by atoms with Crippen molar-refractivity contribution in [2.45, 2.75) is 32.4 Å². The highest BCUT2D eigenvalue weighted by Crippen LogP contribution is 2.57. The van der Waals surface area contributed by atoms with Crippen molar-refractivity contribution in [3.63, 3.8) is 0 Å². The first-order valence-corrected chi connectivity index (χ1v) is 9.37. The lowest BCUT2D eigenvalue weighted by Gasteiger charge is -2.19. The summed E-state index contributed by atoms with van der Waals surface area (Å²) in [5.41, 5.74) is 1.92. The summed E-state index contributed by atoms with van der Waals surface area (Å²) in [6.45, 7) is 1.84. The number of nitrogens with zero attached hydrogens (tertiary/aromatic N) is 6. The number of halogens is 3. The predicted octanol–water partition coefficient (Wildman–Crippen LogP) is 3.76. The fourth-order valence-corrected chi connectivity index (χ4v) is 3.51. The van der Waals surface area contributed by atoms with Crippen molar-refractivity contribution in [3.05, 3.63) is 42.7 Å². The van der Waals surface area contributed by atoms with Gasteiger partial charge in [0.2, 0.25) is 11.7 Å². The lowest BCUT2D eigenvalue weighted by Crippen LogP contribution is -2.32. The van der Waals surface area contributed by atoms with Gasteiger partial charge in [-0.15, -0.1) is 5.10 Å². The second kappa shape index (κ2) is 6.16. The van der Waals surface area contributed by atoms with Crippen LogP contribution in [0.2, 0.25) is 0 Å². The average molecular weight is 401 g/mol. The third kappa shape index (κ3) is 2.90. The molecular formula is C19H18F3N7. The first kappa shape index (κ1) is 17.9. The maximum atomic E-state index is 13.1. The molecular weight excluding hydrogens is 383 g/mol. The molecule has 0 aromatic carbocycles. The number of fused-ring (bicyclic) bond motifs is 2. The highest BCUT2D eigenvalue weighted by Gasteiger charge is 2.62. The van der Waals surface area contributed by atoms with E-state index >= 15 is 0 Å². The van der Waals surface area contributed by atoms with Crippen molar-refractivity contribution in [2.24, 2.45) is 5.41 Å². The Morgan fingerprint density at radius 3 is 2.66 bits per heavy atom. The number of aryl methyl sites for hydroxylation is 1. The van der Waals surface area contributed by atoms with Gasteiger partial charge in [-0.1, -0.05) is 6.92 Å². The summed E-state index contributed by atoms with van der Waals surface area (Å²) in [7, 11) is 0. The number of rotatable bonds is 5. The van der Waals surface area contributed by atoms with E-state index in [2.05, 4.69) is 32.3 Å². The summed E-state index contributed by atoms with van der Waals surface area (Å²) in [4.78, 5) is 12.9. The van der Waals surface area contributed by atoms with Gasteiger partial charge in [-0.2, -0.15) is 13.2 Å². The van der Waals surface area contributed by atoms with Crippen LogP contribution in [0.3, 0.4) is 0 Å². The van der Waals surface area contributed by atoms with Crippen LogP contribution in [0.25, 0.3) is 22.4 Å². The molecule has 4 aromatic heterocycles. The summed E-state index contributed by atoms with van der Waals surface area (Å²) in [5, 5.41) is 7.05. The van der Waals surface area contributed by atoms with E-state index in [0.717, 1.165) is 28.8 Å². The van der Waals surface area contributed by atoms with Gasteiger partial charge < -0.3 is 5.32 Å². The van der Waals surface area contributed by atoms with E-state index in [4.69, 9.17) is 0 Å². The maximum Gasteiger partial charge on any atom is 0.396 e. The largest absolute Gasteiger partial charge is 0.396 e. The molecule has 1 saturated carbocycles. The van der Waals surface area contributed by atoms with Crippen LogP contribution >= 0.6 is 0 Å². The van der Waals surface area contributed by atoms with Gasteiger partial charge in [0.1, 0.15) is 0 Å². The Kier molecular flexibility index (Phi) is 3.80. The summed E-state index contributed by atoms with van der Waals surface area (Å²) in [6.07, 6.45) is 5.79. The summed E-state index contributed by atoms with van der Waals surface area (Å²) < 4.78 is 42.8. The Balaban J connectivity index is 1.44. The van der Waals surface area contributed by atoms with Crippen LogP contribution in [0.4, 0.5) is 19.1 Å². The Bertz CT molecular complexity index is 1200. The molecule has 1 aliphatic carbocycles. The van der Waals surface area contributed by atoms with Gasteiger partial charge in [0, 0.05) is 42.0 Å². The number of alkyl halides is 3. The molecule has 150 valence electrons. The van der Waals surface area contributed by atoms with Gasteiger partial charge in [-0.3, -0.25) is 4.40 Å². The van der Waals surface area contributed by atoms with Crippen molar-refractivity contribution < 1.29 is 13.2 Å². The molecule has 0 aliphatic heterocycles. The zero-order valence-corrected chi connectivity index (χ0v) is 15.6. The van der Waals surface area contributed by atoms with Crippen molar-refractivity contribution in [2.75, 3.05) is 11.9 Å². The van der Waals surface area contributed by atoms with Crippen LogP contribution in [0.1, 0.15) is 25.5 Å². The second-order valence-corrected chi connectivity index (χ2v) is 7.39. The molecule has 1 fully saturated rings. The molecule has 0 radical (unpaired) electrons. The number of aromatic nitrogens is 6. The minimum Gasteiger partial charge on any atom is -0.352 e. The van der Waals surface area contributed by atoms with Gasteiger partial charge >= 0.3 is 6.18 Å². The topological polar surface area (TPSA) is 72.4 Å². The van der Waals surface area contributed by atoms with Crippen LogP contribution in [0.15, 0.2) is 37.1 Å². The molecule has 0 saturated heterocycles. The molecule has 0 atom stereocenters. The Hall–Kier alpha value is -3.17. The third-order valence-corrected chi connectivity index (χ3v) is 5.57. The third-order valence-electron chi connectivity index (χ3n) is 5.57. The number of imidazole rings is 1. The minimum atomic E-state index is -4.21. The lowest BCUT2D eigenvalue weighted by molar-refractivity contribution is -0.182. The SMILES string of the molecule is CCc1cnc2ncc(-c3ccn4nc(NCC5(C(F)(F)F)CC5)ncc34)cn12. The quantitative estimate of drug-likeness (QED) is 0.551. The first-order chi connectivity index (χ1) is 13.9. The molecule has 4 heterocycles. The van der Waals surface area contributed by atoms with E-state index < -0.39 is 11.6 Å². The zero-order chi connectivity index (χ0) is 20.2. The van der Waals surface area contributed by atoms with E-state index in [1.165, 1.54) is 0 Å². The smallest absolute Gasteiger partial charge is 0.352 e. The van der Waals surface area contributed by atoms with Crippen molar-refractivity contribution in [3.8, 4) is 11.1 Å². The molecule has 1 N–H and O–H groups in total. The number of anilines is 1. The standard InChI is InChI=1S/C19H18F3N7/c1-2-13-8-25-17-24-7-12(10-28(13)17)14-3-6-29-15(14)9-23-16(27-29)26-11-18(4-5-18)19(20,21)22/h3,6-10H,2,4-5,11H2,1H3,(H,26,27). The van der Waals surface area contributed by atoms with E-state index in [1.807, 2.05) is 16.7 Å². The molecule has 5 rings (SSSR count). The Labute approximate surface area is 163 Å². The Morgan fingerprint density at radius 1 is 1.14 bits per heavy atom. The molecule has 0 bridgehead atoms. The van der Waals surface area contributed by atoms with Gasteiger partial charge in [0.25, 0.3) is 0 Å². The van der Waals surface area contributed by atoms with Crippen molar-refractivity contribution in [1.29, 1.82) is 0 Å². The zero-order valence-electron chi connectivity index (χ0n) is 15.6. The second-order valence-electron chi connectivity index (χ2n) is 7.39. The number of nitrogens with one attached hydrogen (secondary N) is 1. The lowest BCUT2D eigenvalue weighted by atomic mass is 10.1. The summed E-state index contributed by atoms with van der Waals surface area (Å²) >= 11 is 0. The molecule has 0 amide bonds. The van der Waals surface area contributed by atoms with Crippen molar-refractivity contribution >= 4 is 17.2 Å². The van der Waals surface area contributed by atoms with Gasteiger partial charge in [0.15, 0.2) is 0 Å². The molecule has 4 aromatic rings. The first-order valence-electron chi connectivity index (χ1n) is 9.37. The fourth-order valence-electron chi connectivity index (χ4n) is 3.51. The average Bonchev–Trinajstić information content (AvgIpc) is 3.24. The van der Waals surface area contributed by atoms with Crippen LogP contribution in [-0.4, -0.2) is 41.7 Å². The molecule has 10 heteroatoms. The number of hydrogen-bond donors (Lipinski definition) is 1. The van der Waals surface area contributed by atoms with Crippen molar-refractivity contribution in [1.82, 2.24) is 29.0 Å². The number of hydrogen-bond acceptors (Lipinski definition) is 5. The molecule has 0 spiro atoms. The minimum absolute atomic E-state index is 0.142. The van der Waals surface area contributed by atoms with E-state index in [9.17, 15) is 13.2 Å². The summed E-state index contributed by atoms with van der Waals surface area (Å²) in [6, 6.07) is 1.89. The predicted molar refractivity (Wildman–Crippen MR) is 101 cm³/mol. The monoisotopic (exact) mass is 401 g/mol. The summed E-state index contributed by atoms with van der Waals surface area (Å²) in [5.74, 6) is 0.808. The van der Waals surface area contributed by atoms with E-state index in [0.29, 0.717) is 5.78 Å². The van der Waals surface area contributed by atoms with Gasteiger partial charge in [0.05, 0.1) is 23.3 Å². The highest BCUT2D eigenvalue weighted by molar-refractivity contribution is 5.79. The van der Waals surface area contributed by atoms with Gasteiger partial charge in [-0.25, -0.2) is 19.5 Å². The molecule has 0 unspecified atom stereocenters. The highest BCUT2D eigenvalue weighted by atomic mass is 19.4. The molecule has 29 heavy (non-hydrogen) atoms. The van der Waals surface area contributed by atoms with E-state index in [-0.39, 0.29) is 25.3 Å². The Morgan fingerprint density at radius 2 is 1.93 bits per heavy atom. The van der Waals surface area contributed by atoms with Gasteiger partial charge in [-0.05, 0) is 25.3 Å². The van der Waals surface area contributed by atoms with Crippen LogP contribution < -0.4 is 5.32 Å². The van der Waals surface area contributed by atoms with Crippen LogP contribution in [0, 0.1) is 5.41 Å². The maximum absolute atomic E-state index is 13.1. The normalized spacial score (nSPS) is 15.9. The molecule has 7 nitrogen and oxygen atoms in total.